The lowest BCUT2D eigenvalue weighted by atomic mass is 10.2. The van der Waals surface area contributed by atoms with Crippen molar-refractivity contribution in [3.05, 3.63) is 48.2 Å². The number of anilines is 1. The Balaban J connectivity index is 1.79. The fourth-order valence-electron chi connectivity index (χ4n) is 3.19. The summed E-state index contributed by atoms with van der Waals surface area (Å²) in [7, 11) is 7.15. The summed E-state index contributed by atoms with van der Waals surface area (Å²) >= 11 is 1.40. The Morgan fingerprint density at radius 1 is 1.07 bits per heavy atom. The largest absolute Gasteiger partial charge is 0.495 e. The third-order valence-electron chi connectivity index (χ3n) is 4.78. The van der Waals surface area contributed by atoms with E-state index in [1.165, 1.54) is 11.3 Å². The third kappa shape index (κ3) is 3.71. The van der Waals surface area contributed by atoms with E-state index in [-0.39, 0.29) is 11.7 Å². The van der Waals surface area contributed by atoms with Crippen LogP contribution in [0.25, 0.3) is 21.2 Å². The van der Waals surface area contributed by atoms with Crippen LogP contribution in [0.15, 0.2) is 46.9 Å². The highest BCUT2D eigenvalue weighted by Crippen LogP contribution is 2.40. The van der Waals surface area contributed by atoms with Crippen molar-refractivity contribution in [2.75, 3.05) is 46.3 Å². The molecule has 0 aliphatic heterocycles. The topological polar surface area (TPSA) is 68.0 Å². The van der Waals surface area contributed by atoms with Crippen LogP contribution in [0.1, 0.15) is 10.6 Å². The Labute approximate surface area is 178 Å². The normalized spacial score (nSPS) is 11.4. The number of fused-ring (bicyclic) bond motifs is 2. The first kappa shape index (κ1) is 20.2. The predicted octanol–water partition coefficient (Wildman–Crippen LogP) is 4.27. The minimum atomic E-state index is -0.231. The lowest BCUT2D eigenvalue weighted by molar-refractivity contribution is 0.0960. The van der Waals surface area contributed by atoms with Crippen molar-refractivity contribution in [1.29, 1.82) is 0 Å². The molecule has 4 rings (SSSR count). The molecule has 8 heteroatoms. The van der Waals surface area contributed by atoms with E-state index in [0.29, 0.717) is 40.8 Å². The van der Waals surface area contributed by atoms with E-state index < -0.39 is 0 Å². The Morgan fingerprint density at radius 2 is 1.80 bits per heavy atom. The number of amides is 1. The monoisotopic (exact) mass is 425 g/mol. The number of aromatic nitrogens is 1. The first-order valence-electron chi connectivity index (χ1n) is 9.48. The maximum Gasteiger partial charge on any atom is 0.295 e. The summed E-state index contributed by atoms with van der Waals surface area (Å²) in [6.07, 6.45) is 0. The molecule has 2 aromatic heterocycles. The molecule has 1 amide bonds. The molecule has 0 unspecified atom stereocenters. The van der Waals surface area contributed by atoms with Crippen LogP contribution in [0.3, 0.4) is 0 Å². The van der Waals surface area contributed by atoms with Crippen LogP contribution in [-0.4, -0.2) is 57.2 Å². The summed E-state index contributed by atoms with van der Waals surface area (Å²) in [6.45, 7) is 1.14. The second kappa shape index (κ2) is 8.33. The van der Waals surface area contributed by atoms with Crippen molar-refractivity contribution in [1.82, 2.24) is 9.88 Å². The molecular formula is C22H23N3O4S. The second-order valence-electron chi connectivity index (χ2n) is 7.05. The van der Waals surface area contributed by atoms with Gasteiger partial charge in [-0.15, -0.1) is 0 Å². The molecule has 0 spiro atoms. The Kier molecular flexibility index (Phi) is 5.61. The summed E-state index contributed by atoms with van der Waals surface area (Å²) in [4.78, 5) is 21.8. The van der Waals surface area contributed by atoms with Crippen molar-refractivity contribution in [2.45, 2.75) is 0 Å². The Hall–Kier alpha value is -3.10. The zero-order valence-electron chi connectivity index (χ0n) is 17.3. The number of benzene rings is 2. The lowest BCUT2D eigenvalue weighted by Gasteiger charge is -2.20. The molecule has 0 bridgehead atoms. The quantitative estimate of drug-likeness (QED) is 0.441. The van der Waals surface area contributed by atoms with Crippen molar-refractivity contribution in [3.63, 3.8) is 0 Å². The molecule has 0 aliphatic carbocycles. The van der Waals surface area contributed by atoms with Crippen molar-refractivity contribution in [3.8, 4) is 11.5 Å². The van der Waals surface area contributed by atoms with Crippen LogP contribution >= 0.6 is 11.3 Å². The number of hydrogen-bond acceptors (Lipinski definition) is 7. The zero-order valence-corrected chi connectivity index (χ0v) is 18.2. The van der Waals surface area contributed by atoms with Crippen molar-refractivity contribution in [2.24, 2.45) is 0 Å². The van der Waals surface area contributed by atoms with Crippen LogP contribution in [0.5, 0.6) is 11.5 Å². The molecule has 0 saturated carbocycles. The summed E-state index contributed by atoms with van der Waals surface area (Å²) in [6, 6.07) is 13.0. The van der Waals surface area contributed by atoms with Crippen molar-refractivity contribution >= 4 is 43.6 Å². The minimum absolute atomic E-state index is 0.231. The average molecular weight is 426 g/mol. The minimum Gasteiger partial charge on any atom is -0.495 e. The SMILES string of the molecule is COc1ccc(OC)c2sc(N(CCN(C)C)C(=O)c3cc4ccccc4o3)nc12. The van der Waals surface area contributed by atoms with Gasteiger partial charge in [0.1, 0.15) is 27.3 Å². The maximum absolute atomic E-state index is 13.4. The van der Waals surface area contributed by atoms with Gasteiger partial charge >= 0.3 is 0 Å². The highest BCUT2D eigenvalue weighted by atomic mass is 32.1. The standard InChI is InChI=1S/C22H23N3O4S/c1-24(2)11-12-25(21(26)18-13-14-7-5-6-8-15(14)29-18)22-23-19-16(27-3)9-10-17(28-4)20(19)30-22/h5-10,13H,11-12H2,1-4H3. The molecule has 156 valence electrons. The summed E-state index contributed by atoms with van der Waals surface area (Å²) in [5.74, 6) is 1.38. The van der Waals surface area contributed by atoms with Gasteiger partial charge in [0.15, 0.2) is 10.9 Å². The van der Waals surface area contributed by atoms with Crippen LogP contribution < -0.4 is 14.4 Å². The molecule has 0 atom stereocenters. The second-order valence-corrected chi connectivity index (χ2v) is 8.03. The number of likely N-dealkylation sites (N-methyl/N-ethyl adjacent to an activating group) is 1. The summed E-state index contributed by atoms with van der Waals surface area (Å²) in [5, 5.41) is 1.46. The summed E-state index contributed by atoms with van der Waals surface area (Å²) in [5.41, 5.74) is 1.35. The van der Waals surface area contributed by atoms with E-state index in [9.17, 15) is 4.79 Å². The van der Waals surface area contributed by atoms with Crippen LogP contribution in [0.4, 0.5) is 5.13 Å². The first-order valence-corrected chi connectivity index (χ1v) is 10.3. The number of carbonyl (C=O) groups excluding carboxylic acids is 1. The van der Waals surface area contributed by atoms with E-state index >= 15 is 0 Å². The molecule has 30 heavy (non-hydrogen) atoms. The fraction of sp³-hybridized carbons (Fsp3) is 0.273. The molecule has 7 nitrogen and oxygen atoms in total. The van der Waals surface area contributed by atoms with E-state index in [1.54, 1.807) is 25.2 Å². The number of nitrogens with zero attached hydrogens (tertiary/aromatic N) is 3. The molecule has 2 aromatic carbocycles. The lowest BCUT2D eigenvalue weighted by Crippen LogP contribution is -2.36. The smallest absolute Gasteiger partial charge is 0.295 e. The van der Waals surface area contributed by atoms with Crippen LogP contribution in [-0.2, 0) is 0 Å². The Bertz CT molecular complexity index is 1120. The highest BCUT2D eigenvalue weighted by Gasteiger charge is 2.26. The number of hydrogen-bond donors (Lipinski definition) is 0. The maximum atomic E-state index is 13.4. The molecule has 0 saturated heterocycles. The van der Waals surface area contributed by atoms with E-state index in [4.69, 9.17) is 18.9 Å². The predicted molar refractivity (Wildman–Crippen MR) is 119 cm³/mol. The van der Waals surface area contributed by atoms with Gasteiger partial charge in [-0.25, -0.2) is 4.98 Å². The average Bonchev–Trinajstić information content (AvgIpc) is 3.37. The van der Waals surface area contributed by atoms with Gasteiger partial charge in [-0.05, 0) is 38.4 Å². The van der Waals surface area contributed by atoms with Gasteiger partial charge in [-0.3, -0.25) is 9.69 Å². The van der Waals surface area contributed by atoms with Gasteiger partial charge in [0.05, 0.1) is 14.2 Å². The number of methoxy groups -OCH3 is 2. The van der Waals surface area contributed by atoms with Gasteiger partial charge in [0, 0.05) is 18.5 Å². The van der Waals surface area contributed by atoms with E-state index in [0.717, 1.165) is 10.1 Å². The molecule has 2 heterocycles. The number of rotatable bonds is 7. The van der Waals surface area contributed by atoms with Gasteiger partial charge in [0.2, 0.25) is 0 Å². The number of carbonyl (C=O) groups is 1. The number of thiazole rings is 1. The van der Waals surface area contributed by atoms with E-state index in [2.05, 4.69) is 0 Å². The van der Waals surface area contributed by atoms with Gasteiger partial charge < -0.3 is 18.8 Å². The molecule has 0 aliphatic rings. The third-order valence-corrected chi connectivity index (χ3v) is 5.88. The van der Waals surface area contributed by atoms with Gasteiger partial charge in [-0.2, -0.15) is 0 Å². The molecule has 0 radical (unpaired) electrons. The van der Waals surface area contributed by atoms with Gasteiger partial charge in [0.25, 0.3) is 5.91 Å². The fourth-order valence-corrected chi connectivity index (χ4v) is 4.29. The van der Waals surface area contributed by atoms with Crippen molar-refractivity contribution < 1.29 is 18.7 Å². The van der Waals surface area contributed by atoms with E-state index in [1.807, 2.05) is 55.4 Å². The first-order chi connectivity index (χ1) is 14.5. The molecule has 4 aromatic rings. The summed E-state index contributed by atoms with van der Waals surface area (Å²) < 4.78 is 17.6. The van der Waals surface area contributed by atoms with Crippen LogP contribution in [0, 0.1) is 0 Å². The highest BCUT2D eigenvalue weighted by molar-refractivity contribution is 7.22. The number of furan rings is 1. The van der Waals surface area contributed by atoms with Crippen LogP contribution in [0.2, 0.25) is 0 Å². The zero-order chi connectivity index (χ0) is 21.3. The molecule has 0 N–H and O–H groups in total. The molecule has 0 fully saturated rings. The number of ether oxygens (including phenoxy) is 2. The Morgan fingerprint density at radius 3 is 2.50 bits per heavy atom. The number of para-hydroxylation sites is 1. The van der Waals surface area contributed by atoms with Gasteiger partial charge in [-0.1, -0.05) is 29.5 Å². The molecular weight excluding hydrogens is 402 g/mol.